The zero-order valence-corrected chi connectivity index (χ0v) is 13.7. The Morgan fingerprint density at radius 3 is 2.43 bits per heavy atom. The summed E-state index contributed by atoms with van der Waals surface area (Å²) >= 11 is 0. The Bertz CT molecular complexity index is 432. The van der Waals surface area contributed by atoms with Gasteiger partial charge in [0.15, 0.2) is 0 Å². The Kier molecular flexibility index (Phi) is 5.42. The summed E-state index contributed by atoms with van der Waals surface area (Å²) in [6, 6.07) is 0. The van der Waals surface area contributed by atoms with Gasteiger partial charge in [0.25, 0.3) is 0 Å². The number of hydrogen-bond donors (Lipinski definition) is 1. The van der Waals surface area contributed by atoms with Crippen molar-refractivity contribution in [1.82, 2.24) is 4.90 Å². The largest absolute Gasteiger partial charge is 0.481 e. The van der Waals surface area contributed by atoms with E-state index >= 15 is 0 Å². The lowest BCUT2D eigenvalue weighted by Crippen LogP contribution is -2.50. The highest BCUT2D eigenvalue weighted by Gasteiger charge is 2.43. The molecule has 1 aliphatic heterocycles. The predicted octanol–water partition coefficient (Wildman–Crippen LogP) is 3.44. The summed E-state index contributed by atoms with van der Waals surface area (Å²) in [5.41, 5.74) is -0.378. The molecule has 5 heteroatoms. The molecule has 1 atom stereocenters. The Labute approximate surface area is 127 Å². The standard InChI is InChI=1S/C16H27NO4/c1-12(2)7-9-16(13(18)19)8-6-10-17(11-16)14(20)21-15(3,4)5/h7H,6,8-11H2,1-5H3,(H,18,19). The predicted molar refractivity (Wildman–Crippen MR) is 81.2 cm³/mol. The maximum absolute atomic E-state index is 12.2. The molecule has 1 rings (SSSR count). The number of amides is 1. The van der Waals surface area contributed by atoms with E-state index in [0.29, 0.717) is 25.8 Å². The van der Waals surface area contributed by atoms with E-state index in [4.69, 9.17) is 4.74 Å². The van der Waals surface area contributed by atoms with E-state index < -0.39 is 23.1 Å². The maximum atomic E-state index is 12.2. The molecule has 0 radical (unpaired) electrons. The minimum Gasteiger partial charge on any atom is -0.481 e. The van der Waals surface area contributed by atoms with Gasteiger partial charge in [0, 0.05) is 13.1 Å². The number of carbonyl (C=O) groups excluding carboxylic acids is 1. The van der Waals surface area contributed by atoms with Gasteiger partial charge in [0.2, 0.25) is 0 Å². The first-order valence-corrected chi connectivity index (χ1v) is 7.40. The molecule has 5 nitrogen and oxygen atoms in total. The van der Waals surface area contributed by atoms with Gasteiger partial charge in [-0.05, 0) is 53.9 Å². The molecular weight excluding hydrogens is 270 g/mol. The van der Waals surface area contributed by atoms with Crippen molar-refractivity contribution in [2.24, 2.45) is 5.41 Å². The van der Waals surface area contributed by atoms with Crippen LogP contribution in [0.15, 0.2) is 11.6 Å². The van der Waals surface area contributed by atoms with E-state index in [-0.39, 0.29) is 6.54 Å². The second-order valence-corrected chi connectivity index (χ2v) is 7.08. The van der Waals surface area contributed by atoms with Gasteiger partial charge < -0.3 is 14.7 Å². The minimum atomic E-state index is -0.896. The third-order valence-electron chi connectivity index (χ3n) is 3.58. The van der Waals surface area contributed by atoms with Crippen LogP contribution in [0.25, 0.3) is 0 Å². The van der Waals surface area contributed by atoms with Crippen molar-refractivity contribution in [2.75, 3.05) is 13.1 Å². The first-order valence-electron chi connectivity index (χ1n) is 7.40. The molecule has 0 saturated carbocycles. The molecule has 1 amide bonds. The molecule has 0 aromatic rings. The Balaban J connectivity index is 2.86. The van der Waals surface area contributed by atoms with Crippen molar-refractivity contribution in [3.8, 4) is 0 Å². The molecule has 120 valence electrons. The number of carboxylic acid groups (broad SMARTS) is 1. The third-order valence-corrected chi connectivity index (χ3v) is 3.58. The zero-order valence-electron chi connectivity index (χ0n) is 13.7. The number of rotatable bonds is 3. The Morgan fingerprint density at radius 1 is 1.33 bits per heavy atom. The van der Waals surface area contributed by atoms with E-state index in [1.54, 1.807) is 0 Å². The highest BCUT2D eigenvalue weighted by Crippen LogP contribution is 2.35. The van der Waals surface area contributed by atoms with Gasteiger partial charge in [-0.3, -0.25) is 4.79 Å². The monoisotopic (exact) mass is 297 g/mol. The lowest BCUT2D eigenvalue weighted by atomic mass is 9.77. The fourth-order valence-corrected chi connectivity index (χ4v) is 2.44. The van der Waals surface area contributed by atoms with Gasteiger partial charge in [-0.15, -0.1) is 0 Å². The molecule has 0 spiro atoms. The summed E-state index contributed by atoms with van der Waals surface area (Å²) in [6.45, 7) is 10.1. The van der Waals surface area contributed by atoms with Crippen molar-refractivity contribution in [2.45, 2.75) is 59.5 Å². The maximum Gasteiger partial charge on any atom is 0.410 e. The summed E-state index contributed by atoms with van der Waals surface area (Å²) in [7, 11) is 0. The van der Waals surface area contributed by atoms with Crippen molar-refractivity contribution in [3.05, 3.63) is 11.6 Å². The molecule has 1 fully saturated rings. The SMILES string of the molecule is CC(C)=CCC1(C(=O)O)CCCN(C(=O)OC(C)(C)C)C1. The van der Waals surface area contributed by atoms with Crippen LogP contribution < -0.4 is 0 Å². The molecule has 1 aliphatic rings. The lowest BCUT2D eigenvalue weighted by Gasteiger charge is -2.39. The average Bonchev–Trinajstić information content (AvgIpc) is 2.34. The number of allylic oxidation sites excluding steroid dienone is 2. The quantitative estimate of drug-likeness (QED) is 0.810. The molecular formula is C16H27NO4. The molecule has 21 heavy (non-hydrogen) atoms. The molecule has 1 saturated heterocycles. The minimum absolute atomic E-state index is 0.209. The number of likely N-dealkylation sites (tertiary alicyclic amines) is 1. The smallest absolute Gasteiger partial charge is 0.410 e. The van der Waals surface area contributed by atoms with Gasteiger partial charge in [-0.2, -0.15) is 0 Å². The summed E-state index contributed by atoms with van der Waals surface area (Å²) in [4.78, 5) is 25.4. The molecule has 0 aliphatic carbocycles. The molecule has 0 aromatic carbocycles. The fourth-order valence-electron chi connectivity index (χ4n) is 2.44. The van der Waals surface area contributed by atoms with Crippen LogP contribution >= 0.6 is 0 Å². The first-order chi connectivity index (χ1) is 9.56. The Morgan fingerprint density at radius 2 is 1.95 bits per heavy atom. The third kappa shape index (κ3) is 5.06. The molecule has 1 N–H and O–H groups in total. The number of carbonyl (C=O) groups is 2. The second kappa shape index (κ2) is 6.50. The van der Waals surface area contributed by atoms with E-state index in [9.17, 15) is 14.7 Å². The summed E-state index contributed by atoms with van der Waals surface area (Å²) in [5.74, 6) is -0.840. The normalized spacial score (nSPS) is 22.6. The van der Waals surface area contributed by atoms with Crippen molar-refractivity contribution < 1.29 is 19.4 Å². The molecule has 0 bridgehead atoms. The summed E-state index contributed by atoms with van der Waals surface area (Å²) < 4.78 is 5.35. The number of aliphatic carboxylic acids is 1. The van der Waals surface area contributed by atoms with Gasteiger partial charge in [0.05, 0.1) is 5.41 Å². The van der Waals surface area contributed by atoms with Crippen molar-refractivity contribution >= 4 is 12.1 Å². The number of piperidine rings is 1. The molecule has 1 heterocycles. The van der Waals surface area contributed by atoms with Gasteiger partial charge in [-0.1, -0.05) is 11.6 Å². The second-order valence-electron chi connectivity index (χ2n) is 7.08. The van der Waals surface area contributed by atoms with E-state index in [0.717, 1.165) is 5.57 Å². The van der Waals surface area contributed by atoms with E-state index in [1.807, 2.05) is 40.7 Å². The summed E-state index contributed by atoms with van der Waals surface area (Å²) in [5, 5.41) is 9.63. The molecule has 1 unspecified atom stereocenters. The highest BCUT2D eigenvalue weighted by atomic mass is 16.6. The lowest BCUT2D eigenvalue weighted by molar-refractivity contribution is -0.152. The zero-order chi connectivity index (χ0) is 16.3. The van der Waals surface area contributed by atoms with Crippen molar-refractivity contribution in [1.29, 1.82) is 0 Å². The first kappa shape index (κ1) is 17.5. The highest BCUT2D eigenvalue weighted by molar-refractivity contribution is 5.77. The van der Waals surface area contributed by atoms with Crippen LogP contribution in [-0.4, -0.2) is 40.8 Å². The van der Waals surface area contributed by atoms with Crippen LogP contribution in [0.3, 0.4) is 0 Å². The van der Waals surface area contributed by atoms with Crippen LogP contribution in [-0.2, 0) is 9.53 Å². The number of ether oxygens (including phenoxy) is 1. The number of hydrogen-bond acceptors (Lipinski definition) is 3. The van der Waals surface area contributed by atoms with Gasteiger partial charge in [-0.25, -0.2) is 4.79 Å². The van der Waals surface area contributed by atoms with Crippen LogP contribution in [0.1, 0.15) is 53.9 Å². The van der Waals surface area contributed by atoms with Crippen LogP contribution in [0, 0.1) is 5.41 Å². The van der Waals surface area contributed by atoms with Crippen LogP contribution in [0.2, 0.25) is 0 Å². The fraction of sp³-hybridized carbons (Fsp3) is 0.750. The van der Waals surface area contributed by atoms with Crippen molar-refractivity contribution in [3.63, 3.8) is 0 Å². The van der Waals surface area contributed by atoms with E-state index in [1.165, 1.54) is 4.90 Å². The van der Waals surface area contributed by atoms with Crippen LogP contribution in [0.5, 0.6) is 0 Å². The Hall–Kier alpha value is -1.52. The number of carboxylic acids is 1. The molecule has 0 aromatic heterocycles. The van der Waals surface area contributed by atoms with Gasteiger partial charge in [0.1, 0.15) is 5.60 Å². The van der Waals surface area contributed by atoms with Gasteiger partial charge >= 0.3 is 12.1 Å². The average molecular weight is 297 g/mol. The number of nitrogens with zero attached hydrogens (tertiary/aromatic N) is 1. The van der Waals surface area contributed by atoms with E-state index in [2.05, 4.69) is 0 Å². The summed E-state index contributed by atoms with van der Waals surface area (Å²) in [6.07, 6.45) is 3.23. The van der Waals surface area contributed by atoms with Crippen LogP contribution in [0.4, 0.5) is 4.79 Å². The topological polar surface area (TPSA) is 66.8 Å².